The first-order valence-electron chi connectivity index (χ1n) is 5.24. The van der Waals surface area contributed by atoms with Gasteiger partial charge in [0.15, 0.2) is 0 Å². The molecule has 1 heterocycles. The molecule has 0 saturated heterocycles. The molecular formula is C13H10Cl3NO. The zero-order valence-electron chi connectivity index (χ0n) is 9.58. The molecule has 1 aromatic heterocycles. The van der Waals surface area contributed by atoms with Gasteiger partial charge in [0.25, 0.3) is 0 Å². The van der Waals surface area contributed by atoms with Gasteiger partial charge < -0.3 is 4.74 Å². The van der Waals surface area contributed by atoms with Crippen molar-refractivity contribution in [1.82, 2.24) is 4.98 Å². The Balaban J connectivity index is 2.31. The number of ether oxygens (including phenoxy) is 1. The van der Waals surface area contributed by atoms with Gasteiger partial charge in [-0.15, -0.1) is 11.6 Å². The van der Waals surface area contributed by atoms with Crippen LogP contribution in [0.3, 0.4) is 0 Å². The molecule has 0 unspecified atom stereocenters. The van der Waals surface area contributed by atoms with Gasteiger partial charge in [0, 0.05) is 28.7 Å². The quantitative estimate of drug-likeness (QED) is 0.724. The van der Waals surface area contributed by atoms with Gasteiger partial charge in [-0.05, 0) is 30.7 Å². The smallest absolute Gasteiger partial charge is 0.222 e. The molecule has 0 atom stereocenters. The molecule has 94 valence electrons. The topological polar surface area (TPSA) is 22.1 Å². The highest BCUT2D eigenvalue weighted by atomic mass is 35.5. The van der Waals surface area contributed by atoms with Gasteiger partial charge in [0.05, 0.1) is 5.02 Å². The second-order valence-corrected chi connectivity index (χ2v) is 4.89. The Morgan fingerprint density at radius 1 is 1.22 bits per heavy atom. The van der Waals surface area contributed by atoms with Crippen LogP contribution in [0.2, 0.25) is 10.0 Å². The van der Waals surface area contributed by atoms with Crippen molar-refractivity contribution in [3.05, 3.63) is 51.6 Å². The summed E-state index contributed by atoms with van der Waals surface area (Å²) >= 11 is 17.7. The van der Waals surface area contributed by atoms with Crippen molar-refractivity contribution in [2.24, 2.45) is 0 Å². The molecule has 0 spiro atoms. The number of rotatable bonds is 3. The zero-order valence-corrected chi connectivity index (χ0v) is 11.9. The van der Waals surface area contributed by atoms with Crippen LogP contribution in [0.25, 0.3) is 0 Å². The van der Waals surface area contributed by atoms with E-state index in [0.29, 0.717) is 27.6 Å². The maximum Gasteiger partial charge on any atom is 0.222 e. The lowest BCUT2D eigenvalue weighted by Gasteiger charge is -2.10. The molecular weight excluding hydrogens is 293 g/mol. The van der Waals surface area contributed by atoms with Crippen LogP contribution < -0.4 is 4.74 Å². The number of alkyl halides is 1. The lowest BCUT2D eigenvalue weighted by molar-refractivity contribution is 0.459. The molecule has 1 aromatic carbocycles. The number of aryl methyl sites for hydroxylation is 1. The first-order valence-corrected chi connectivity index (χ1v) is 6.53. The predicted octanol–water partition coefficient (Wildman–Crippen LogP) is 5.23. The summed E-state index contributed by atoms with van der Waals surface area (Å²) < 4.78 is 5.65. The molecule has 5 heteroatoms. The fourth-order valence-corrected chi connectivity index (χ4v) is 1.92. The molecule has 0 saturated carbocycles. The molecule has 0 aliphatic carbocycles. The maximum atomic E-state index is 6.02. The van der Waals surface area contributed by atoms with E-state index in [9.17, 15) is 0 Å². The van der Waals surface area contributed by atoms with Gasteiger partial charge in [-0.25, -0.2) is 4.98 Å². The lowest BCUT2D eigenvalue weighted by atomic mass is 10.2. The van der Waals surface area contributed by atoms with Crippen LogP contribution in [-0.2, 0) is 5.88 Å². The number of halogens is 3. The number of pyridine rings is 1. The molecule has 0 N–H and O–H groups in total. The number of benzene rings is 1. The van der Waals surface area contributed by atoms with E-state index in [-0.39, 0.29) is 0 Å². The van der Waals surface area contributed by atoms with E-state index in [0.717, 1.165) is 11.1 Å². The fraction of sp³-hybridized carbons (Fsp3) is 0.154. The third-order valence-electron chi connectivity index (χ3n) is 2.34. The molecule has 0 radical (unpaired) electrons. The molecule has 18 heavy (non-hydrogen) atoms. The van der Waals surface area contributed by atoms with E-state index < -0.39 is 0 Å². The minimum atomic E-state index is 0.423. The van der Waals surface area contributed by atoms with Crippen molar-refractivity contribution in [1.29, 1.82) is 0 Å². The molecule has 2 aromatic rings. The van der Waals surface area contributed by atoms with Crippen LogP contribution in [0.15, 0.2) is 30.5 Å². The highest BCUT2D eigenvalue weighted by molar-refractivity contribution is 6.34. The average Bonchev–Trinajstić information content (AvgIpc) is 2.36. The summed E-state index contributed by atoms with van der Waals surface area (Å²) in [6.45, 7) is 1.90. The van der Waals surface area contributed by atoms with E-state index >= 15 is 0 Å². The minimum Gasteiger partial charge on any atom is -0.437 e. The second-order valence-electron chi connectivity index (χ2n) is 3.78. The van der Waals surface area contributed by atoms with E-state index in [1.807, 2.05) is 13.0 Å². The van der Waals surface area contributed by atoms with Gasteiger partial charge in [0.2, 0.25) is 5.88 Å². The van der Waals surface area contributed by atoms with Gasteiger partial charge in [-0.1, -0.05) is 23.2 Å². The highest BCUT2D eigenvalue weighted by Crippen LogP contribution is 2.32. The van der Waals surface area contributed by atoms with Gasteiger partial charge in [-0.2, -0.15) is 0 Å². The second kappa shape index (κ2) is 5.79. The number of nitrogens with zero attached hydrogens (tertiary/aromatic N) is 1. The maximum absolute atomic E-state index is 6.02. The number of hydrogen-bond acceptors (Lipinski definition) is 2. The normalized spacial score (nSPS) is 10.4. The highest BCUT2D eigenvalue weighted by Gasteiger charge is 2.08. The minimum absolute atomic E-state index is 0.423. The van der Waals surface area contributed by atoms with Crippen LogP contribution in [0, 0.1) is 6.92 Å². The van der Waals surface area contributed by atoms with E-state index in [1.54, 1.807) is 24.4 Å². The fourth-order valence-electron chi connectivity index (χ4n) is 1.46. The Morgan fingerprint density at radius 3 is 2.67 bits per heavy atom. The largest absolute Gasteiger partial charge is 0.437 e. The molecule has 2 nitrogen and oxygen atoms in total. The van der Waals surface area contributed by atoms with Crippen molar-refractivity contribution in [3.63, 3.8) is 0 Å². The lowest BCUT2D eigenvalue weighted by Crippen LogP contribution is -1.93. The summed E-state index contributed by atoms with van der Waals surface area (Å²) in [7, 11) is 0. The van der Waals surface area contributed by atoms with Gasteiger partial charge in [-0.3, -0.25) is 0 Å². The first-order chi connectivity index (χ1) is 8.60. The molecule has 0 aliphatic heterocycles. The van der Waals surface area contributed by atoms with Gasteiger partial charge in [0.1, 0.15) is 5.75 Å². The SMILES string of the molecule is Cc1cc(CCl)cnc1Oc1cc(Cl)ccc1Cl. The summed E-state index contributed by atoms with van der Waals surface area (Å²) in [4.78, 5) is 4.21. The van der Waals surface area contributed by atoms with E-state index in [1.165, 1.54) is 0 Å². The van der Waals surface area contributed by atoms with E-state index in [4.69, 9.17) is 39.5 Å². The van der Waals surface area contributed by atoms with Gasteiger partial charge >= 0.3 is 0 Å². The summed E-state index contributed by atoms with van der Waals surface area (Å²) in [6, 6.07) is 6.96. The molecule has 0 fully saturated rings. The van der Waals surface area contributed by atoms with Crippen molar-refractivity contribution < 1.29 is 4.74 Å². The Kier molecular flexibility index (Phi) is 4.33. The Morgan fingerprint density at radius 2 is 2.00 bits per heavy atom. The third-order valence-corrected chi connectivity index (χ3v) is 3.20. The molecule has 0 aliphatic rings. The summed E-state index contributed by atoms with van der Waals surface area (Å²) in [6.07, 6.45) is 1.67. The van der Waals surface area contributed by atoms with Crippen molar-refractivity contribution >= 4 is 34.8 Å². The van der Waals surface area contributed by atoms with Crippen LogP contribution in [0.1, 0.15) is 11.1 Å². The van der Waals surface area contributed by atoms with Crippen molar-refractivity contribution in [2.45, 2.75) is 12.8 Å². The number of hydrogen-bond donors (Lipinski definition) is 0. The molecule has 2 rings (SSSR count). The van der Waals surface area contributed by atoms with Crippen LogP contribution in [0.5, 0.6) is 11.6 Å². The van der Waals surface area contributed by atoms with Crippen LogP contribution in [-0.4, -0.2) is 4.98 Å². The first kappa shape index (κ1) is 13.5. The monoisotopic (exact) mass is 301 g/mol. The van der Waals surface area contributed by atoms with E-state index in [2.05, 4.69) is 4.98 Å². The van der Waals surface area contributed by atoms with Crippen LogP contribution in [0.4, 0.5) is 0 Å². The zero-order chi connectivity index (χ0) is 13.1. The standard InChI is InChI=1S/C13H10Cl3NO/c1-8-4-9(6-14)7-17-13(8)18-12-5-10(15)2-3-11(12)16/h2-5,7H,6H2,1H3. The third kappa shape index (κ3) is 3.08. The summed E-state index contributed by atoms with van der Waals surface area (Å²) in [5, 5.41) is 1.05. The number of aromatic nitrogens is 1. The molecule has 0 bridgehead atoms. The molecule has 0 amide bonds. The van der Waals surface area contributed by atoms with Crippen molar-refractivity contribution in [3.8, 4) is 11.6 Å². The Hall–Kier alpha value is -0.960. The van der Waals surface area contributed by atoms with Crippen LogP contribution >= 0.6 is 34.8 Å². The summed E-state index contributed by atoms with van der Waals surface area (Å²) in [5.41, 5.74) is 1.84. The predicted molar refractivity (Wildman–Crippen MR) is 75.1 cm³/mol. The van der Waals surface area contributed by atoms with Crippen molar-refractivity contribution in [2.75, 3.05) is 0 Å². The Labute approximate surface area is 120 Å². The average molecular weight is 303 g/mol. The summed E-state index contributed by atoms with van der Waals surface area (Å²) in [5.74, 6) is 1.40. The Bertz CT molecular complexity index is 572.